The van der Waals surface area contributed by atoms with Crippen molar-refractivity contribution >= 4 is 21.8 Å². The van der Waals surface area contributed by atoms with Crippen molar-refractivity contribution in [2.45, 2.75) is 37.8 Å². The monoisotopic (exact) mass is 347 g/mol. The lowest BCUT2D eigenvalue weighted by Crippen LogP contribution is -2.39. The first-order chi connectivity index (χ1) is 10.2. The minimum Gasteiger partial charge on any atom is -0.351 e. The molecule has 3 rings (SSSR count). The van der Waals surface area contributed by atoms with E-state index in [-0.39, 0.29) is 11.9 Å². The van der Waals surface area contributed by atoms with Crippen LogP contribution in [0.15, 0.2) is 47.5 Å². The molecule has 2 atom stereocenters. The average molecular weight is 348 g/mol. The van der Waals surface area contributed by atoms with Gasteiger partial charge in [0, 0.05) is 22.9 Å². The van der Waals surface area contributed by atoms with E-state index in [1.54, 1.807) is 6.20 Å². The lowest BCUT2D eigenvalue weighted by Gasteiger charge is -2.22. The molecule has 21 heavy (non-hydrogen) atoms. The van der Waals surface area contributed by atoms with Gasteiger partial charge in [0.05, 0.1) is 18.8 Å². The summed E-state index contributed by atoms with van der Waals surface area (Å²) in [6, 6.07) is 8.39. The molecule has 1 fully saturated rings. The molecule has 2 aromatic rings. The molecule has 0 spiro atoms. The molecule has 0 unspecified atom stereocenters. The Morgan fingerprint density at radius 3 is 3.00 bits per heavy atom. The fourth-order valence-electron chi connectivity index (χ4n) is 3.00. The predicted molar refractivity (Wildman–Crippen MR) is 84.9 cm³/mol. The highest BCUT2D eigenvalue weighted by Crippen LogP contribution is 2.30. The van der Waals surface area contributed by atoms with Gasteiger partial charge in [-0.25, -0.2) is 4.98 Å². The van der Waals surface area contributed by atoms with E-state index in [1.165, 1.54) is 0 Å². The molecule has 1 N–H and O–H groups in total. The second kappa shape index (κ2) is 6.43. The van der Waals surface area contributed by atoms with Gasteiger partial charge in [-0.3, -0.25) is 4.79 Å². The van der Waals surface area contributed by atoms with Crippen LogP contribution in [0.3, 0.4) is 0 Å². The topological polar surface area (TPSA) is 46.9 Å². The largest absolute Gasteiger partial charge is 0.351 e. The van der Waals surface area contributed by atoms with Crippen LogP contribution in [-0.2, 0) is 11.2 Å². The number of carbonyl (C=O) groups is 1. The number of imidazole rings is 1. The van der Waals surface area contributed by atoms with E-state index in [4.69, 9.17) is 0 Å². The highest BCUT2D eigenvalue weighted by atomic mass is 79.9. The first kappa shape index (κ1) is 14.3. The second-order valence-electron chi connectivity index (χ2n) is 5.45. The van der Waals surface area contributed by atoms with Crippen LogP contribution in [0.2, 0.25) is 0 Å². The minimum absolute atomic E-state index is 0.0823. The zero-order chi connectivity index (χ0) is 14.7. The maximum Gasteiger partial charge on any atom is 0.224 e. The van der Waals surface area contributed by atoms with Gasteiger partial charge >= 0.3 is 0 Å². The van der Waals surface area contributed by atoms with Crippen molar-refractivity contribution < 1.29 is 4.79 Å². The van der Waals surface area contributed by atoms with Crippen molar-refractivity contribution in [1.82, 2.24) is 14.9 Å². The summed E-state index contributed by atoms with van der Waals surface area (Å²) in [7, 11) is 0. The molecule has 1 aromatic heterocycles. The van der Waals surface area contributed by atoms with Crippen LogP contribution in [0.5, 0.6) is 0 Å². The molecular formula is C16H18BrN3O. The summed E-state index contributed by atoms with van der Waals surface area (Å²) in [4.78, 5) is 16.4. The van der Waals surface area contributed by atoms with E-state index < -0.39 is 0 Å². The van der Waals surface area contributed by atoms with Crippen LogP contribution in [0.4, 0.5) is 0 Å². The molecule has 0 aliphatic heterocycles. The van der Waals surface area contributed by atoms with Crippen molar-refractivity contribution in [3.63, 3.8) is 0 Å². The van der Waals surface area contributed by atoms with Gasteiger partial charge in [0.2, 0.25) is 5.91 Å². The van der Waals surface area contributed by atoms with E-state index in [9.17, 15) is 4.79 Å². The Morgan fingerprint density at radius 1 is 1.38 bits per heavy atom. The average Bonchev–Trinajstić information content (AvgIpc) is 3.11. The summed E-state index contributed by atoms with van der Waals surface area (Å²) in [6.07, 6.45) is 9.28. The summed E-state index contributed by atoms with van der Waals surface area (Å²) in [5.41, 5.74) is 1.02. The SMILES string of the molecule is O=C(Cc1ccccc1Br)N[C@@H]1CCC[C@@H]1n1ccnc1. The van der Waals surface area contributed by atoms with Crippen LogP contribution in [0, 0.1) is 0 Å². The van der Waals surface area contributed by atoms with Gasteiger partial charge < -0.3 is 9.88 Å². The molecular weight excluding hydrogens is 330 g/mol. The molecule has 1 heterocycles. The van der Waals surface area contributed by atoms with Crippen molar-refractivity contribution in [2.24, 2.45) is 0 Å². The summed E-state index contributed by atoms with van der Waals surface area (Å²) in [5, 5.41) is 3.18. The Labute approximate surface area is 132 Å². The van der Waals surface area contributed by atoms with Crippen molar-refractivity contribution in [3.05, 3.63) is 53.0 Å². The van der Waals surface area contributed by atoms with Crippen molar-refractivity contribution in [3.8, 4) is 0 Å². The van der Waals surface area contributed by atoms with Gasteiger partial charge in [-0.15, -0.1) is 0 Å². The Kier molecular flexibility index (Phi) is 4.39. The van der Waals surface area contributed by atoms with Gasteiger partial charge in [-0.1, -0.05) is 34.1 Å². The first-order valence-corrected chi connectivity index (χ1v) is 8.03. The first-order valence-electron chi connectivity index (χ1n) is 7.24. The number of hydrogen-bond acceptors (Lipinski definition) is 2. The quantitative estimate of drug-likeness (QED) is 0.923. The molecule has 1 aromatic carbocycles. The van der Waals surface area contributed by atoms with E-state index in [2.05, 4.69) is 30.8 Å². The highest BCUT2D eigenvalue weighted by Gasteiger charge is 2.29. The number of nitrogens with one attached hydrogen (secondary N) is 1. The fourth-order valence-corrected chi connectivity index (χ4v) is 3.43. The number of carbonyl (C=O) groups excluding carboxylic acids is 1. The third-order valence-corrected chi connectivity index (χ3v) is 4.82. The van der Waals surface area contributed by atoms with Gasteiger partial charge in [-0.2, -0.15) is 0 Å². The van der Waals surface area contributed by atoms with Crippen molar-refractivity contribution in [1.29, 1.82) is 0 Å². The summed E-state index contributed by atoms with van der Waals surface area (Å²) < 4.78 is 3.09. The summed E-state index contributed by atoms with van der Waals surface area (Å²) in [5.74, 6) is 0.0823. The Hall–Kier alpha value is -1.62. The standard InChI is InChI=1S/C16H18BrN3O/c17-13-5-2-1-4-12(13)10-16(21)19-14-6-3-7-15(14)20-9-8-18-11-20/h1-2,4-5,8-9,11,14-15H,3,6-7,10H2,(H,19,21)/t14-,15+/m1/s1. The third kappa shape index (κ3) is 3.35. The Bertz CT molecular complexity index is 612. The lowest BCUT2D eigenvalue weighted by atomic mass is 10.1. The molecule has 1 amide bonds. The fraction of sp³-hybridized carbons (Fsp3) is 0.375. The van der Waals surface area contributed by atoms with Crippen LogP contribution >= 0.6 is 15.9 Å². The molecule has 1 aliphatic rings. The Morgan fingerprint density at radius 2 is 2.24 bits per heavy atom. The molecule has 110 valence electrons. The number of rotatable bonds is 4. The third-order valence-electron chi connectivity index (χ3n) is 4.04. The van der Waals surface area contributed by atoms with Gasteiger partial charge in [0.25, 0.3) is 0 Å². The normalized spacial score (nSPS) is 21.4. The van der Waals surface area contributed by atoms with Crippen LogP contribution in [0.1, 0.15) is 30.9 Å². The second-order valence-corrected chi connectivity index (χ2v) is 6.30. The molecule has 4 nitrogen and oxygen atoms in total. The Balaban J connectivity index is 1.63. The molecule has 1 aliphatic carbocycles. The van der Waals surface area contributed by atoms with E-state index in [0.717, 1.165) is 29.3 Å². The number of amides is 1. The maximum atomic E-state index is 12.3. The summed E-state index contributed by atoms with van der Waals surface area (Å²) in [6.45, 7) is 0. The lowest BCUT2D eigenvalue weighted by molar-refractivity contribution is -0.121. The molecule has 0 saturated heterocycles. The van der Waals surface area contributed by atoms with E-state index >= 15 is 0 Å². The number of aromatic nitrogens is 2. The van der Waals surface area contributed by atoms with Crippen LogP contribution in [0.25, 0.3) is 0 Å². The van der Waals surface area contributed by atoms with E-state index in [1.807, 2.05) is 36.8 Å². The van der Waals surface area contributed by atoms with Crippen molar-refractivity contribution in [2.75, 3.05) is 0 Å². The van der Waals surface area contributed by atoms with E-state index in [0.29, 0.717) is 12.5 Å². The number of nitrogens with zero attached hydrogens (tertiary/aromatic N) is 2. The van der Waals surface area contributed by atoms with Gasteiger partial charge in [0.1, 0.15) is 0 Å². The number of halogens is 1. The van der Waals surface area contributed by atoms with Crippen LogP contribution < -0.4 is 5.32 Å². The van der Waals surface area contributed by atoms with Crippen LogP contribution in [-0.4, -0.2) is 21.5 Å². The smallest absolute Gasteiger partial charge is 0.224 e. The van der Waals surface area contributed by atoms with Gasteiger partial charge in [-0.05, 0) is 30.9 Å². The zero-order valence-corrected chi connectivity index (χ0v) is 13.3. The highest BCUT2D eigenvalue weighted by molar-refractivity contribution is 9.10. The number of benzene rings is 1. The minimum atomic E-state index is 0.0823. The number of hydrogen-bond donors (Lipinski definition) is 1. The molecule has 0 radical (unpaired) electrons. The molecule has 5 heteroatoms. The zero-order valence-electron chi connectivity index (χ0n) is 11.7. The molecule has 0 bridgehead atoms. The summed E-state index contributed by atoms with van der Waals surface area (Å²) >= 11 is 3.49. The predicted octanol–water partition coefficient (Wildman–Crippen LogP) is 3.10. The maximum absolute atomic E-state index is 12.3. The molecule has 1 saturated carbocycles. The van der Waals surface area contributed by atoms with Gasteiger partial charge in [0.15, 0.2) is 0 Å².